The molecule has 0 rings (SSSR count). The van der Waals surface area contributed by atoms with Crippen LogP contribution in [0.3, 0.4) is 0 Å². The Bertz CT molecular complexity index is 192. The quantitative estimate of drug-likeness (QED) is 0.280. The molecule has 0 saturated heterocycles. The fourth-order valence-electron chi connectivity index (χ4n) is 0.613. The number of rotatable bonds is 3. The van der Waals surface area contributed by atoms with Crippen LogP contribution in [0.15, 0.2) is 28.6 Å². The van der Waals surface area contributed by atoms with Crippen molar-refractivity contribution in [2.75, 3.05) is 7.05 Å². The second-order valence-electron chi connectivity index (χ2n) is 2.25. The van der Waals surface area contributed by atoms with Crippen molar-refractivity contribution < 1.29 is 5.21 Å². The molecule has 3 nitrogen and oxygen atoms in total. The molecule has 3 heteroatoms. The molecule has 0 amide bonds. The van der Waals surface area contributed by atoms with Crippen LogP contribution in [0.5, 0.6) is 0 Å². The van der Waals surface area contributed by atoms with Crippen molar-refractivity contribution in [2.24, 2.45) is 5.16 Å². The first-order chi connectivity index (χ1) is 5.20. The van der Waals surface area contributed by atoms with Gasteiger partial charge in [-0.1, -0.05) is 5.16 Å². The second-order valence-corrected chi connectivity index (χ2v) is 2.25. The molecular formula is C8H14N2O. The molecule has 62 valence electrons. The van der Waals surface area contributed by atoms with Crippen LogP contribution in [0.1, 0.15) is 13.8 Å². The molecule has 0 aromatic rings. The first-order valence-corrected chi connectivity index (χ1v) is 3.41. The van der Waals surface area contributed by atoms with E-state index in [1.54, 1.807) is 6.08 Å². The van der Waals surface area contributed by atoms with Gasteiger partial charge < -0.3 is 10.5 Å². The number of nitrogens with one attached hydrogen (secondary N) is 1. The van der Waals surface area contributed by atoms with E-state index >= 15 is 0 Å². The van der Waals surface area contributed by atoms with Crippen LogP contribution in [0.4, 0.5) is 0 Å². The molecule has 0 heterocycles. The molecular weight excluding hydrogens is 140 g/mol. The summed E-state index contributed by atoms with van der Waals surface area (Å²) in [5.74, 6) is 0. The lowest BCUT2D eigenvalue weighted by Gasteiger charge is -1.97. The summed E-state index contributed by atoms with van der Waals surface area (Å²) < 4.78 is 0. The zero-order valence-electron chi connectivity index (χ0n) is 7.13. The maximum Gasteiger partial charge on any atom is 0.0664 e. The summed E-state index contributed by atoms with van der Waals surface area (Å²) in [6.45, 7) is 3.90. The second kappa shape index (κ2) is 5.53. The van der Waals surface area contributed by atoms with E-state index in [0.29, 0.717) is 0 Å². The zero-order chi connectivity index (χ0) is 8.69. The van der Waals surface area contributed by atoms with Crippen LogP contribution >= 0.6 is 0 Å². The summed E-state index contributed by atoms with van der Waals surface area (Å²) >= 11 is 0. The maximum absolute atomic E-state index is 8.10. The Morgan fingerprint density at radius 3 is 2.55 bits per heavy atom. The summed E-state index contributed by atoms with van der Waals surface area (Å²) in [5.41, 5.74) is 2.11. The number of allylic oxidation sites excluding steroid dienone is 4. The van der Waals surface area contributed by atoms with Gasteiger partial charge in [-0.15, -0.1) is 0 Å². The average Bonchev–Trinajstić information content (AvgIpc) is 2.00. The lowest BCUT2D eigenvalue weighted by Crippen LogP contribution is -2.01. The number of nitrogens with zero attached hydrogens (tertiary/aromatic N) is 1. The Kier molecular flexibility index (Phi) is 4.90. The van der Waals surface area contributed by atoms with E-state index in [0.717, 1.165) is 11.3 Å². The third kappa shape index (κ3) is 5.21. The van der Waals surface area contributed by atoms with Gasteiger partial charge in [0, 0.05) is 12.7 Å². The van der Waals surface area contributed by atoms with E-state index in [9.17, 15) is 0 Å². The van der Waals surface area contributed by atoms with E-state index in [1.165, 1.54) is 6.21 Å². The SMILES string of the molecule is CN/C(C)=C/C(C)=C\C=N\O. The Labute approximate surface area is 67.1 Å². The molecule has 0 atom stereocenters. The van der Waals surface area contributed by atoms with Crippen molar-refractivity contribution in [3.8, 4) is 0 Å². The molecule has 0 unspecified atom stereocenters. The molecule has 0 aromatic heterocycles. The summed E-state index contributed by atoms with van der Waals surface area (Å²) in [4.78, 5) is 0. The molecule has 0 aliphatic rings. The number of hydrogen-bond acceptors (Lipinski definition) is 3. The molecule has 0 fully saturated rings. The van der Waals surface area contributed by atoms with Gasteiger partial charge in [0.25, 0.3) is 0 Å². The number of oxime groups is 1. The van der Waals surface area contributed by atoms with Crippen LogP contribution in [-0.2, 0) is 0 Å². The fourth-order valence-corrected chi connectivity index (χ4v) is 0.613. The maximum atomic E-state index is 8.10. The van der Waals surface area contributed by atoms with Gasteiger partial charge in [0.2, 0.25) is 0 Å². The molecule has 0 aliphatic heterocycles. The van der Waals surface area contributed by atoms with Gasteiger partial charge >= 0.3 is 0 Å². The van der Waals surface area contributed by atoms with Gasteiger partial charge in [0.05, 0.1) is 6.21 Å². The first-order valence-electron chi connectivity index (χ1n) is 3.41. The normalized spacial score (nSPS) is 14.1. The fraction of sp³-hybridized carbons (Fsp3) is 0.375. The lowest BCUT2D eigenvalue weighted by molar-refractivity contribution is 0.322. The van der Waals surface area contributed by atoms with Gasteiger partial charge in [-0.05, 0) is 31.6 Å². The van der Waals surface area contributed by atoms with Crippen molar-refractivity contribution >= 4 is 6.21 Å². The summed E-state index contributed by atoms with van der Waals surface area (Å²) in [6, 6.07) is 0. The van der Waals surface area contributed by atoms with Crippen molar-refractivity contribution in [1.82, 2.24) is 5.32 Å². The molecule has 0 aromatic carbocycles. The number of hydrogen-bond donors (Lipinski definition) is 2. The summed E-state index contributed by atoms with van der Waals surface area (Å²) in [7, 11) is 1.86. The van der Waals surface area contributed by atoms with E-state index < -0.39 is 0 Å². The van der Waals surface area contributed by atoms with Crippen LogP contribution < -0.4 is 5.32 Å². The van der Waals surface area contributed by atoms with Gasteiger partial charge in [0.1, 0.15) is 0 Å². The Morgan fingerprint density at radius 2 is 2.09 bits per heavy atom. The Balaban J connectivity index is 4.14. The zero-order valence-corrected chi connectivity index (χ0v) is 7.13. The highest BCUT2D eigenvalue weighted by Crippen LogP contribution is 1.96. The minimum absolute atomic E-state index is 1.04. The van der Waals surface area contributed by atoms with Gasteiger partial charge in [0.15, 0.2) is 0 Å². The average molecular weight is 154 g/mol. The predicted octanol–water partition coefficient (Wildman–Crippen LogP) is 1.52. The third-order valence-electron chi connectivity index (χ3n) is 1.24. The van der Waals surface area contributed by atoms with Crippen LogP contribution in [-0.4, -0.2) is 18.5 Å². The molecule has 0 bridgehead atoms. The lowest BCUT2D eigenvalue weighted by atomic mass is 10.2. The largest absolute Gasteiger partial charge is 0.411 e. The molecule has 2 N–H and O–H groups in total. The van der Waals surface area contributed by atoms with E-state index in [2.05, 4.69) is 10.5 Å². The molecule has 0 aliphatic carbocycles. The molecule has 0 spiro atoms. The van der Waals surface area contributed by atoms with Crippen molar-refractivity contribution in [3.05, 3.63) is 23.4 Å². The van der Waals surface area contributed by atoms with Crippen molar-refractivity contribution in [2.45, 2.75) is 13.8 Å². The highest BCUT2D eigenvalue weighted by atomic mass is 16.4. The topological polar surface area (TPSA) is 44.6 Å². The highest BCUT2D eigenvalue weighted by Gasteiger charge is 1.83. The Hall–Kier alpha value is -1.25. The monoisotopic (exact) mass is 154 g/mol. The van der Waals surface area contributed by atoms with Gasteiger partial charge in [-0.2, -0.15) is 0 Å². The van der Waals surface area contributed by atoms with Crippen molar-refractivity contribution in [1.29, 1.82) is 0 Å². The van der Waals surface area contributed by atoms with Crippen LogP contribution in [0, 0.1) is 0 Å². The minimum atomic E-state index is 1.04. The highest BCUT2D eigenvalue weighted by molar-refractivity contribution is 5.72. The van der Waals surface area contributed by atoms with Gasteiger partial charge in [-0.25, -0.2) is 0 Å². The summed E-state index contributed by atoms with van der Waals surface area (Å²) in [5, 5.41) is 13.9. The molecule has 11 heavy (non-hydrogen) atoms. The van der Waals surface area contributed by atoms with Crippen molar-refractivity contribution in [3.63, 3.8) is 0 Å². The van der Waals surface area contributed by atoms with E-state index in [4.69, 9.17) is 5.21 Å². The van der Waals surface area contributed by atoms with E-state index in [1.807, 2.05) is 27.0 Å². The molecule has 0 radical (unpaired) electrons. The third-order valence-corrected chi connectivity index (χ3v) is 1.24. The van der Waals surface area contributed by atoms with Gasteiger partial charge in [-0.3, -0.25) is 0 Å². The molecule has 0 saturated carbocycles. The van der Waals surface area contributed by atoms with Crippen LogP contribution in [0.2, 0.25) is 0 Å². The first kappa shape index (κ1) is 9.75. The summed E-state index contributed by atoms with van der Waals surface area (Å²) in [6.07, 6.45) is 5.03. The predicted molar refractivity (Wildman–Crippen MR) is 46.9 cm³/mol. The Morgan fingerprint density at radius 1 is 1.45 bits per heavy atom. The smallest absolute Gasteiger partial charge is 0.0664 e. The van der Waals surface area contributed by atoms with Crippen LogP contribution in [0.25, 0.3) is 0 Å². The minimum Gasteiger partial charge on any atom is -0.411 e. The standard InChI is InChI=1S/C8H14N2O/c1-7(4-5-10-11)6-8(2)9-3/h4-6,9,11H,1-3H3/b7-4-,8-6+,10-5+. The van der Waals surface area contributed by atoms with E-state index in [-0.39, 0.29) is 0 Å².